The fourth-order valence-electron chi connectivity index (χ4n) is 2.35. The number of fused-ring (bicyclic) bond motifs is 1. The van der Waals surface area contributed by atoms with Crippen LogP contribution in [0, 0.1) is 6.92 Å². The lowest BCUT2D eigenvalue weighted by atomic mass is 10.0. The molecule has 1 unspecified atom stereocenters. The number of aliphatic hydroxyl groups is 1. The summed E-state index contributed by atoms with van der Waals surface area (Å²) in [6, 6.07) is 10.5. The van der Waals surface area contributed by atoms with Crippen LogP contribution in [0.4, 0.5) is 0 Å². The first-order chi connectivity index (χ1) is 11.0. The van der Waals surface area contributed by atoms with Crippen molar-refractivity contribution in [3.63, 3.8) is 0 Å². The van der Waals surface area contributed by atoms with Gasteiger partial charge in [-0.2, -0.15) is 0 Å². The number of aromatic hydroxyl groups is 1. The predicted octanol–water partition coefficient (Wildman–Crippen LogP) is 1.64. The van der Waals surface area contributed by atoms with E-state index in [1.54, 1.807) is 25.1 Å². The summed E-state index contributed by atoms with van der Waals surface area (Å²) in [7, 11) is 1.17. The second kappa shape index (κ2) is 5.69. The number of hydrogen-bond donors (Lipinski definition) is 2. The highest BCUT2D eigenvalue weighted by atomic mass is 16.5. The van der Waals surface area contributed by atoms with Crippen LogP contribution in [-0.4, -0.2) is 38.3 Å². The van der Waals surface area contributed by atoms with Crippen LogP contribution >= 0.6 is 0 Å². The molecule has 2 aromatic carbocycles. The molecule has 3 rings (SSSR count). The van der Waals surface area contributed by atoms with Gasteiger partial charge in [-0.25, -0.2) is 4.79 Å². The molecule has 1 aromatic heterocycles. The lowest BCUT2D eigenvalue weighted by Crippen LogP contribution is -2.14. The molecule has 0 aliphatic rings. The number of methoxy groups -OCH3 is 1. The monoisotopic (exact) mass is 313 g/mol. The number of phenols is 1. The lowest BCUT2D eigenvalue weighted by Gasteiger charge is -2.14. The Kier molecular flexibility index (Phi) is 3.71. The standard InChI is InChI=1S/C16H15N3O4/c1-9-7-10(15(21)16(22)23-2)14(20)13(8-9)19-17-11-5-3-4-6-12(11)18-19/h3-8,15,20-21H,1-2H3. The zero-order valence-corrected chi connectivity index (χ0v) is 12.6. The van der Waals surface area contributed by atoms with E-state index in [0.29, 0.717) is 11.0 Å². The van der Waals surface area contributed by atoms with E-state index >= 15 is 0 Å². The van der Waals surface area contributed by atoms with Gasteiger partial charge in [0.1, 0.15) is 22.5 Å². The molecule has 118 valence electrons. The van der Waals surface area contributed by atoms with Gasteiger partial charge in [-0.05, 0) is 36.8 Å². The summed E-state index contributed by atoms with van der Waals surface area (Å²) in [6.45, 7) is 1.78. The zero-order chi connectivity index (χ0) is 16.6. The van der Waals surface area contributed by atoms with Gasteiger partial charge in [-0.1, -0.05) is 12.1 Å². The van der Waals surface area contributed by atoms with Crippen LogP contribution in [0.5, 0.6) is 5.75 Å². The van der Waals surface area contributed by atoms with E-state index in [-0.39, 0.29) is 17.0 Å². The largest absolute Gasteiger partial charge is 0.505 e. The van der Waals surface area contributed by atoms with Gasteiger partial charge >= 0.3 is 5.97 Å². The van der Waals surface area contributed by atoms with Crippen LogP contribution in [0.3, 0.4) is 0 Å². The normalized spacial score (nSPS) is 12.3. The molecular formula is C16H15N3O4. The Hall–Kier alpha value is -2.93. The van der Waals surface area contributed by atoms with Crippen LogP contribution < -0.4 is 0 Å². The molecule has 1 atom stereocenters. The van der Waals surface area contributed by atoms with Gasteiger partial charge in [0.25, 0.3) is 0 Å². The minimum atomic E-state index is -1.58. The Morgan fingerprint density at radius 1 is 1.22 bits per heavy atom. The summed E-state index contributed by atoms with van der Waals surface area (Å²) in [5.41, 5.74) is 2.40. The van der Waals surface area contributed by atoms with Crippen LogP contribution in [0.2, 0.25) is 0 Å². The van der Waals surface area contributed by atoms with Crippen molar-refractivity contribution in [3.05, 3.63) is 47.5 Å². The van der Waals surface area contributed by atoms with Crippen molar-refractivity contribution in [2.75, 3.05) is 7.11 Å². The van der Waals surface area contributed by atoms with E-state index in [4.69, 9.17) is 0 Å². The molecule has 0 bridgehead atoms. The first kappa shape index (κ1) is 15.0. The summed E-state index contributed by atoms with van der Waals surface area (Å²) in [4.78, 5) is 12.8. The Balaban J connectivity index is 2.16. The number of aryl methyl sites for hydroxylation is 1. The molecule has 2 N–H and O–H groups in total. The van der Waals surface area contributed by atoms with Crippen LogP contribution in [0.1, 0.15) is 17.2 Å². The van der Waals surface area contributed by atoms with E-state index in [0.717, 1.165) is 5.56 Å². The summed E-state index contributed by atoms with van der Waals surface area (Å²) in [5.74, 6) is -1.12. The maximum atomic E-state index is 11.5. The smallest absolute Gasteiger partial charge is 0.339 e. The number of benzene rings is 2. The van der Waals surface area contributed by atoms with Crippen molar-refractivity contribution < 1.29 is 19.7 Å². The summed E-state index contributed by atoms with van der Waals surface area (Å²) >= 11 is 0. The molecular weight excluding hydrogens is 298 g/mol. The molecule has 1 heterocycles. The fourth-order valence-corrected chi connectivity index (χ4v) is 2.35. The molecule has 0 spiro atoms. The average Bonchev–Trinajstić information content (AvgIpc) is 2.99. The quantitative estimate of drug-likeness (QED) is 0.713. The van der Waals surface area contributed by atoms with Gasteiger partial charge in [-0.15, -0.1) is 15.0 Å². The van der Waals surface area contributed by atoms with Gasteiger partial charge in [0.2, 0.25) is 0 Å². The van der Waals surface area contributed by atoms with Crippen LogP contribution in [0.25, 0.3) is 16.7 Å². The minimum Gasteiger partial charge on any atom is -0.505 e. The van der Waals surface area contributed by atoms with E-state index in [9.17, 15) is 15.0 Å². The van der Waals surface area contributed by atoms with Gasteiger partial charge in [0.15, 0.2) is 6.10 Å². The molecule has 0 amide bonds. The SMILES string of the molecule is COC(=O)C(O)c1cc(C)cc(-n2nc3ccccc3n2)c1O. The number of aliphatic hydroxyl groups excluding tert-OH is 1. The van der Waals surface area contributed by atoms with Crippen molar-refractivity contribution in [3.8, 4) is 11.4 Å². The molecule has 0 saturated heterocycles. The molecule has 0 fully saturated rings. The van der Waals surface area contributed by atoms with Crippen molar-refractivity contribution in [2.24, 2.45) is 0 Å². The second-order valence-electron chi connectivity index (χ2n) is 5.13. The minimum absolute atomic E-state index is 0.0493. The van der Waals surface area contributed by atoms with Gasteiger partial charge in [-0.3, -0.25) is 0 Å². The number of hydrogen-bond acceptors (Lipinski definition) is 6. The highest BCUT2D eigenvalue weighted by molar-refractivity contribution is 5.78. The fraction of sp³-hybridized carbons (Fsp3) is 0.188. The number of rotatable bonds is 3. The molecule has 3 aromatic rings. The van der Waals surface area contributed by atoms with Crippen molar-refractivity contribution in [1.82, 2.24) is 15.0 Å². The Labute approximate surface area is 131 Å². The number of aromatic nitrogens is 3. The average molecular weight is 313 g/mol. The first-order valence-corrected chi connectivity index (χ1v) is 6.93. The Morgan fingerprint density at radius 3 is 2.39 bits per heavy atom. The number of ether oxygens (including phenoxy) is 1. The Bertz CT molecular complexity index is 855. The Morgan fingerprint density at radius 2 is 1.83 bits per heavy atom. The summed E-state index contributed by atoms with van der Waals surface area (Å²) in [5, 5.41) is 29.1. The third-order valence-corrected chi connectivity index (χ3v) is 3.48. The maximum absolute atomic E-state index is 11.5. The molecule has 0 saturated carbocycles. The summed E-state index contributed by atoms with van der Waals surface area (Å²) in [6.07, 6.45) is -1.58. The molecule has 7 nitrogen and oxygen atoms in total. The van der Waals surface area contributed by atoms with E-state index in [2.05, 4.69) is 14.9 Å². The van der Waals surface area contributed by atoms with Gasteiger partial charge in [0, 0.05) is 5.56 Å². The summed E-state index contributed by atoms with van der Waals surface area (Å²) < 4.78 is 4.52. The highest BCUT2D eigenvalue weighted by Gasteiger charge is 2.24. The first-order valence-electron chi connectivity index (χ1n) is 6.93. The van der Waals surface area contributed by atoms with Crippen LogP contribution in [-0.2, 0) is 9.53 Å². The van der Waals surface area contributed by atoms with Crippen molar-refractivity contribution in [2.45, 2.75) is 13.0 Å². The number of esters is 1. The number of nitrogens with zero attached hydrogens (tertiary/aromatic N) is 3. The third kappa shape index (κ3) is 2.62. The maximum Gasteiger partial charge on any atom is 0.339 e. The topological polar surface area (TPSA) is 97.5 Å². The van der Waals surface area contributed by atoms with Crippen molar-refractivity contribution in [1.29, 1.82) is 0 Å². The lowest BCUT2D eigenvalue weighted by molar-refractivity contribution is -0.150. The predicted molar refractivity (Wildman–Crippen MR) is 82.2 cm³/mol. The number of phenolic OH excluding ortho intramolecular Hbond substituents is 1. The zero-order valence-electron chi connectivity index (χ0n) is 12.6. The second-order valence-corrected chi connectivity index (χ2v) is 5.13. The molecule has 0 radical (unpaired) electrons. The van der Waals surface area contributed by atoms with Crippen molar-refractivity contribution >= 4 is 17.0 Å². The molecule has 7 heteroatoms. The van der Waals surface area contributed by atoms with Gasteiger partial charge < -0.3 is 14.9 Å². The molecule has 0 aliphatic heterocycles. The number of carbonyl (C=O) groups is 1. The highest BCUT2D eigenvalue weighted by Crippen LogP contribution is 2.32. The number of carbonyl (C=O) groups excluding carboxylic acids is 1. The third-order valence-electron chi connectivity index (χ3n) is 3.48. The molecule has 0 aliphatic carbocycles. The van der Waals surface area contributed by atoms with Gasteiger partial charge in [0.05, 0.1) is 7.11 Å². The van der Waals surface area contributed by atoms with Crippen LogP contribution in [0.15, 0.2) is 36.4 Å². The molecule has 23 heavy (non-hydrogen) atoms. The van der Waals surface area contributed by atoms with E-state index in [1.165, 1.54) is 18.0 Å². The van der Waals surface area contributed by atoms with E-state index in [1.807, 2.05) is 12.1 Å². The van der Waals surface area contributed by atoms with E-state index < -0.39 is 12.1 Å².